The van der Waals surface area contributed by atoms with E-state index >= 15 is 0 Å². The first kappa shape index (κ1) is 20.5. The first-order valence-corrected chi connectivity index (χ1v) is 9.91. The molecular formula is C22H26N4O3. The number of aryl methyl sites for hydroxylation is 1. The summed E-state index contributed by atoms with van der Waals surface area (Å²) in [6.45, 7) is 7.42. The minimum Gasteiger partial charge on any atom is -0.341 e. The topological polar surface area (TPSA) is 81.2 Å². The van der Waals surface area contributed by atoms with Crippen LogP contribution in [0, 0.1) is 6.92 Å². The van der Waals surface area contributed by atoms with Gasteiger partial charge < -0.3 is 14.0 Å². The van der Waals surface area contributed by atoms with Gasteiger partial charge in [0.05, 0.1) is 5.56 Å². The van der Waals surface area contributed by atoms with Crippen LogP contribution >= 0.6 is 0 Å². The average molecular weight is 394 g/mol. The van der Waals surface area contributed by atoms with Crippen molar-refractivity contribution in [2.24, 2.45) is 0 Å². The number of carbonyl (C=O) groups is 1. The maximum absolute atomic E-state index is 12.6. The van der Waals surface area contributed by atoms with E-state index in [1.54, 1.807) is 17.2 Å². The van der Waals surface area contributed by atoms with Crippen molar-refractivity contribution >= 4 is 5.91 Å². The van der Waals surface area contributed by atoms with E-state index in [4.69, 9.17) is 4.52 Å². The molecule has 7 nitrogen and oxygen atoms in total. The van der Waals surface area contributed by atoms with Crippen LogP contribution in [0.4, 0.5) is 0 Å². The van der Waals surface area contributed by atoms with E-state index in [1.165, 1.54) is 10.6 Å². The van der Waals surface area contributed by atoms with Gasteiger partial charge in [0, 0.05) is 30.9 Å². The SMILES string of the molecule is CCCN(CCC)C(=O)Cn1cc(-c2nc(-c3cccc(C)c3)no2)ccc1=O. The van der Waals surface area contributed by atoms with Gasteiger partial charge >= 0.3 is 0 Å². The van der Waals surface area contributed by atoms with Gasteiger partial charge in [-0.25, -0.2) is 0 Å². The zero-order valence-electron chi connectivity index (χ0n) is 17.1. The third-order valence-electron chi connectivity index (χ3n) is 4.58. The molecule has 0 saturated carbocycles. The van der Waals surface area contributed by atoms with Crippen molar-refractivity contribution in [3.8, 4) is 22.8 Å². The zero-order valence-corrected chi connectivity index (χ0v) is 17.1. The Kier molecular flexibility index (Phi) is 6.59. The number of hydrogen-bond donors (Lipinski definition) is 0. The maximum atomic E-state index is 12.6. The Hall–Kier alpha value is -3.22. The summed E-state index contributed by atoms with van der Waals surface area (Å²) < 4.78 is 6.79. The molecule has 0 aliphatic heterocycles. The molecule has 0 saturated heterocycles. The summed E-state index contributed by atoms with van der Waals surface area (Å²) in [5.74, 6) is 0.718. The van der Waals surface area contributed by atoms with Gasteiger partial charge in [0.25, 0.3) is 11.4 Å². The molecule has 3 aromatic rings. The lowest BCUT2D eigenvalue weighted by Crippen LogP contribution is -2.37. The number of aromatic nitrogens is 3. The van der Waals surface area contributed by atoms with Crippen molar-refractivity contribution in [2.75, 3.05) is 13.1 Å². The fourth-order valence-electron chi connectivity index (χ4n) is 3.17. The molecule has 0 bridgehead atoms. The summed E-state index contributed by atoms with van der Waals surface area (Å²) >= 11 is 0. The molecule has 0 fully saturated rings. The molecule has 152 valence electrons. The van der Waals surface area contributed by atoms with Crippen LogP contribution in [-0.4, -0.2) is 38.6 Å². The van der Waals surface area contributed by atoms with E-state index in [-0.39, 0.29) is 18.0 Å². The van der Waals surface area contributed by atoms with E-state index in [1.807, 2.05) is 45.0 Å². The van der Waals surface area contributed by atoms with Crippen LogP contribution in [0.2, 0.25) is 0 Å². The average Bonchev–Trinajstić information content (AvgIpc) is 3.20. The lowest BCUT2D eigenvalue weighted by Gasteiger charge is -2.21. The van der Waals surface area contributed by atoms with E-state index in [0.717, 1.165) is 24.0 Å². The number of hydrogen-bond acceptors (Lipinski definition) is 5. The normalized spacial score (nSPS) is 10.9. The molecule has 2 aromatic heterocycles. The predicted octanol–water partition coefficient (Wildman–Crippen LogP) is 3.52. The third-order valence-corrected chi connectivity index (χ3v) is 4.58. The van der Waals surface area contributed by atoms with Crippen molar-refractivity contribution < 1.29 is 9.32 Å². The van der Waals surface area contributed by atoms with Crippen LogP contribution in [0.5, 0.6) is 0 Å². The highest BCUT2D eigenvalue weighted by Crippen LogP contribution is 2.22. The molecule has 1 aromatic carbocycles. The van der Waals surface area contributed by atoms with E-state index < -0.39 is 0 Å². The van der Waals surface area contributed by atoms with Gasteiger partial charge in [-0.1, -0.05) is 42.8 Å². The molecule has 29 heavy (non-hydrogen) atoms. The van der Waals surface area contributed by atoms with Gasteiger partial charge in [0.1, 0.15) is 6.54 Å². The van der Waals surface area contributed by atoms with Gasteiger partial charge in [-0.3, -0.25) is 9.59 Å². The van der Waals surface area contributed by atoms with Crippen molar-refractivity contribution in [1.82, 2.24) is 19.6 Å². The highest BCUT2D eigenvalue weighted by atomic mass is 16.5. The van der Waals surface area contributed by atoms with Gasteiger partial charge in [-0.2, -0.15) is 4.98 Å². The molecule has 0 unspecified atom stereocenters. The Morgan fingerprint density at radius 1 is 1.10 bits per heavy atom. The van der Waals surface area contributed by atoms with Crippen molar-refractivity contribution in [1.29, 1.82) is 0 Å². The molecule has 0 aliphatic carbocycles. The highest BCUT2D eigenvalue weighted by Gasteiger charge is 2.15. The maximum Gasteiger partial charge on any atom is 0.259 e. The second-order valence-corrected chi connectivity index (χ2v) is 7.06. The Bertz CT molecular complexity index is 1030. The molecule has 0 spiro atoms. The van der Waals surface area contributed by atoms with Gasteiger partial charge in [-0.05, 0) is 31.9 Å². The number of pyridine rings is 1. The van der Waals surface area contributed by atoms with Gasteiger partial charge in [0.2, 0.25) is 11.7 Å². The quantitative estimate of drug-likeness (QED) is 0.584. The second kappa shape index (κ2) is 9.32. The lowest BCUT2D eigenvalue weighted by atomic mass is 10.1. The third kappa shape index (κ3) is 4.99. The number of rotatable bonds is 8. The Morgan fingerprint density at radius 2 is 1.86 bits per heavy atom. The minimum absolute atomic E-state index is 0.00839. The monoisotopic (exact) mass is 394 g/mol. The van der Waals surface area contributed by atoms with Crippen LogP contribution < -0.4 is 5.56 Å². The van der Waals surface area contributed by atoms with Crippen LogP contribution in [0.3, 0.4) is 0 Å². The van der Waals surface area contributed by atoms with Crippen molar-refractivity contribution in [3.05, 3.63) is 58.5 Å². The summed E-state index contributed by atoms with van der Waals surface area (Å²) in [6.07, 6.45) is 3.36. The number of amides is 1. The molecule has 7 heteroatoms. The molecule has 0 radical (unpaired) electrons. The largest absolute Gasteiger partial charge is 0.341 e. The van der Waals surface area contributed by atoms with E-state index in [0.29, 0.717) is 30.4 Å². The van der Waals surface area contributed by atoms with Gasteiger partial charge in [-0.15, -0.1) is 0 Å². The van der Waals surface area contributed by atoms with Crippen LogP contribution in [-0.2, 0) is 11.3 Å². The Balaban J connectivity index is 1.84. The fourth-order valence-corrected chi connectivity index (χ4v) is 3.17. The summed E-state index contributed by atoms with van der Waals surface area (Å²) in [6, 6.07) is 10.9. The molecule has 2 heterocycles. The summed E-state index contributed by atoms with van der Waals surface area (Å²) in [5, 5.41) is 4.05. The van der Waals surface area contributed by atoms with Crippen molar-refractivity contribution in [3.63, 3.8) is 0 Å². The molecule has 0 atom stereocenters. The molecule has 1 amide bonds. The first-order valence-electron chi connectivity index (χ1n) is 9.91. The molecule has 3 rings (SSSR count). The number of carbonyl (C=O) groups excluding carboxylic acids is 1. The zero-order chi connectivity index (χ0) is 20.8. The summed E-state index contributed by atoms with van der Waals surface area (Å²) in [4.78, 5) is 31.1. The fraction of sp³-hybridized carbons (Fsp3) is 0.364. The van der Waals surface area contributed by atoms with E-state index in [9.17, 15) is 9.59 Å². The summed E-state index contributed by atoms with van der Waals surface area (Å²) in [5.41, 5.74) is 2.32. The Morgan fingerprint density at radius 3 is 2.55 bits per heavy atom. The smallest absolute Gasteiger partial charge is 0.259 e. The Labute approximate surface area is 170 Å². The van der Waals surface area contributed by atoms with Crippen LogP contribution in [0.15, 0.2) is 51.9 Å². The lowest BCUT2D eigenvalue weighted by molar-refractivity contribution is -0.132. The predicted molar refractivity (Wildman–Crippen MR) is 111 cm³/mol. The van der Waals surface area contributed by atoms with Crippen molar-refractivity contribution in [2.45, 2.75) is 40.2 Å². The van der Waals surface area contributed by atoms with Crippen LogP contribution in [0.1, 0.15) is 32.3 Å². The standard InChI is InChI=1S/C22H26N4O3/c1-4-11-25(12-5-2)20(28)15-26-14-18(9-10-19(26)27)22-23-21(24-29-22)17-8-6-7-16(3)13-17/h6-10,13-14H,4-5,11-12,15H2,1-3H3. The van der Waals surface area contributed by atoms with Gasteiger partial charge in [0.15, 0.2) is 0 Å². The summed E-state index contributed by atoms with van der Waals surface area (Å²) in [7, 11) is 0. The number of benzene rings is 1. The number of nitrogens with zero attached hydrogens (tertiary/aromatic N) is 4. The molecule has 0 aliphatic rings. The van der Waals surface area contributed by atoms with Crippen LogP contribution in [0.25, 0.3) is 22.8 Å². The first-order chi connectivity index (χ1) is 14.0. The second-order valence-electron chi connectivity index (χ2n) is 7.06. The molecular weight excluding hydrogens is 368 g/mol. The highest BCUT2D eigenvalue weighted by molar-refractivity contribution is 5.76. The van der Waals surface area contributed by atoms with E-state index in [2.05, 4.69) is 10.1 Å². The molecule has 0 N–H and O–H groups in total. The minimum atomic E-state index is -0.242.